The van der Waals surface area contributed by atoms with Crippen LogP contribution in [0.15, 0.2) is 24.3 Å². The number of urea groups is 1. The predicted octanol–water partition coefficient (Wildman–Crippen LogP) is 1.95. The molecule has 2 amide bonds. The lowest BCUT2D eigenvalue weighted by Crippen LogP contribution is -2.48. The number of anilines is 1. The van der Waals surface area contributed by atoms with Gasteiger partial charge in [0.1, 0.15) is 11.9 Å². The number of alkyl halides is 3. The van der Waals surface area contributed by atoms with Crippen LogP contribution in [-0.2, 0) is 9.47 Å². The van der Waals surface area contributed by atoms with E-state index in [0.717, 1.165) is 31.5 Å². The maximum absolute atomic E-state index is 12.2. The first-order valence-electron chi connectivity index (χ1n) is 9.71. The normalized spacial score (nSPS) is 27.2. The average Bonchev–Trinajstić information content (AvgIpc) is 3.24. The molecular weight excluding hydrogens is 407 g/mol. The third kappa shape index (κ3) is 6.21. The predicted molar refractivity (Wildman–Crippen MR) is 101 cm³/mol. The molecule has 0 aliphatic carbocycles. The summed E-state index contributed by atoms with van der Waals surface area (Å²) in [7, 11) is 1.66. The first-order chi connectivity index (χ1) is 14.2. The van der Waals surface area contributed by atoms with Crippen molar-refractivity contribution >= 4 is 11.7 Å². The van der Waals surface area contributed by atoms with Crippen molar-refractivity contribution in [3.05, 3.63) is 24.3 Å². The van der Waals surface area contributed by atoms with Crippen LogP contribution in [0, 0.1) is 0 Å². The lowest BCUT2D eigenvalue weighted by atomic mass is 10.1. The minimum atomic E-state index is -4.78. The Morgan fingerprint density at radius 2 is 2.07 bits per heavy atom. The van der Waals surface area contributed by atoms with Gasteiger partial charge in [-0.1, -0.05) is 0 Å². The van der Waals surface area contributed by atoms with Crippen molar-refractivity contribution < 1.29 is 37.3 Å². The van der Waals surface area contributed by atoms with E-state index in [4.69, 9.17) is 9.47 Å². The minimum absolute atomic E-state index is 0.167. The number of likely N-dealkylation sites (tertiary alicyclic amines) is 1. The van der Waals surface area contributed by atoms with Gasteiger partial charge in [-0.2, -0.15) is 0 Å². The van der Waals surface area contributed by atoms with E-state index in [1.807, 2.05) is 0 Å². The Bertz CT molecular complexity index is 704. The molecule has 11 heteroatoms. The first-order valence-corrected chi connectivity index (χ1v) is 9.71. The quantitative estimate of drug-likeness (QED) is 0.609. The zero-order valence-corrected chi connectivity index (χ0v) is 16.5. The second-order valence-corrected chi connectivity index (χ2v) is 7.39. The number of hydrogen-bond acceptors (Lipinski definition) is 6. The third-order valence-corrected chi connectivity index (χ3v) is 5.22. The van der Waals surface area contributed by atoms with Gasteiger partial charge in [-0.3, -0.25) is 4.90 Å². The van der Waals surface area contributed by atoms with Crippen LogP contribution in [0.1, 0.15) is 12.8 Å². The number of carbonyl (C=O) groups excluding carboxylic acids is 1. The molecule has 0 aromatic heterocycles. The van der Waals surface area contributed by atoms with Crippen molar-refractivity contribution in [1.29, 1.82) is 0 Å². The molecule has 4 unspecified atom stereocenters. The molecular formula is C19H26F3N3O5. The van der Waals surface area contributed by atoms with Crippen LogP contribution in [0.5, 0.6) is 5.75 Å². The standard InChI is InChI=1S/C19H26F3N3O5/c1-28-10-13-3-2-8-25(13)9-16-17(26)15(11-29-16)24-18(27)23-12-4-6-14(7-5-12)30-19(20,21)22/h4-7,13,15-17,26H,2-3,8-11H2,1H3,(H2,23,24,27). The lowest BCUT2D eigenvalue weighted by molar-refractivity contribution is -0.274. The van der Waals surface area contributed by atoms with E-state index in [9.17, 15) is 23.1 Å². The van der Waals surface area contributed by atoms with E-state index in [1.165, 1.54) is 12.1 Å². The van der Waals surface area contributed by atoms with Gasteiger partial charge in [-0.05, 0) is 43.7 Å². The molecule has 168 valence electrons. The Hall–Kier alpha value is -2.08. The molecule has 2 saturated heterocycles. The van der Waals surface area contributed by atoms with Gasteiger partial charge in [0.05, 0.1) is 25.4 Å². The second-order valence-electron chi connectivity index (χ2n) is 7.39. The summed E-state index contributed by atoms with van der Waals surface area (Å²) in [5.74, 6) is -0.385. The fraction of sp³-hybridized carbons (Fsp3) is 0.632. The van der Waals surface area contributed by atoms with E-state index in [0.29, 0.717) is 19.2 Å². The number of nitrogens with one attached hydrogen (secondary N) is 2. The van der Waals surface area contributed by atoms with Crippen LogP contribution >= 0.6 is 0 Å². The fourth-order valence-corrected chi connectivity index (χ4v) is 3.79. The largest absolute Gasteiger partial charge is 0.573 e. The molecule has 1 aromatic carbocycles. The van der Waals surface area contributed by atoms with E-state index in [-0.39, 0.29) is 18.0 Å². The summed E-state index contributed by atoms with van der Waals surface area (Å²) >= 11 is 0. The lowest BCUT2D eigenvalue weighted by Gasteiger charge is -2.28. The smallest absolute Gasteiger partial charge is 0.406 e. The Balaban J connectivity index is 1.46. The van der Waals surface area contributed by atoms with Gasteiger partial charge >= 0.3 is 12.4 Å². The number of rotatable bonds is 7. The van der Waals surface area contributed by atoms with E-state index < -0.39 is 30.6 Å². The number of nitrogens with zero attached hydrogens (tertiary/aromatic N) is 1. The summed E-state index contributed by atoms with van der Waals surface area (Å²) < 4.78 is 51.3. The zero-order valence-electron chi connectivity index (χ0n) is 16.5. The molecule has 0 bridgehead atoms. The molecule has 0 spiro atoms. The number of hydrogen-bond donors (Lipinski definition) is 3. The van der Waals surface area contributed by atoms with E-state index in [1.54, 1.807) is 7.11 Å². The van der Waals surface area contributed by atoms with Crippen molar-refractivity contribution in [1.82, 2.24) is 10.2 Å². The molecule has 2 heterocycles. The topological polar surface area (TPSA) is 92.3 Å². The van der Waals surface area contributed by atoms with Crippen LogP contribution in [-0.4, -0.2) is 80.1 Å². The minimum Gasteiger partial charge on any atom is -0.406 e. The summed E-state index contributed by atoms with van der Waals surface area (Å²) in [5.41, 5.74) is 0.284. The Kier molecular flexibility index (Phi) is 7.40. The summed E-state index contributed by atoms with van der Waals surface area (Å²) in [6.45, 7) is 2.25. The molecule has 0 radical (unpaired) electrons. The highest BCUT2D eigenvalue weighted by atomic mass is 19.4. The average molecular weight is 433 g/mol. The SMILES string of the molecule is COCC1CCCN1CC1OCC(NC(=O)Nc2ccc(OC(F)(F)F)cc2)C1O. The molecule has 3 N–H and O–H groups in total. The number of benzene rings is 1. The van der Waals surface area contributed by atoms with Gasteiger partial charge in [-0.25, -0.2) is 4.79 Å². The number of methoxy groups -OCH3 is 1. The summed E-state index contributed by atoms with van der Waals surface area (Å²) in [6, 6.07) is 3.88. The molecule has 2 aliphatic heterocycles. The number of aliphatic hydroxyl groups excluding tert-OH is 1. The van der Waals surface area contributed by atoms with Gasteiger partial charge in [0.2, 0.25) is 0 Å². The summed E-state index contributed by atoms with van der Waals surface area (Å²) in [4.78, 5) is 14.4. The highest BCUT2D eigenvalue weighted by Gasteiger charge is 2.39. The summed E-state index contributed by atoms with van der Waals surface area (Å²) in [6.07, 6.45) is -3.98. The van der Waals surface area contributed by atoms with Crippen molar-refractivity contribution in [3.63, 3.8) is 0 Å². The summed E-state index contributed by atoms with van der Waals surface area (Å²) in [5, 5.41) is 15.7. The maximum Gasteiger partial charge on any atom is 0.573 e. The first kappa shape index (κ1) is 22.6. The number of carbonyl (C=O) groups is 1. The van der Waals surface area contributed by atoms with Crippen LogP contribution in [0.4, 0.5) is 23.7 Å². The van der Waals surface area contributed by atoms with E-state index in [2.05, 4.69) is 20.3 Å². The number of ether oxygens (including phenoxy) is 3. The Labute approximate surface area is 172 Å². The molecule has 3 rings (SSSR count). The Morgan fingerprint density at radius 3 is 2.73 bits per heavy atom. The Morgan fingerprint density at radius 1 is 1.33 bits per heavy atom. The fourth-order valence-electron chi connectivity index (χ4n) is 3.79. The van der Waals surface area contributed by atoms with Crippen molar-refractivity contribution in [2.75, 3.05) is 38.7 Å². The van der Waals surface area contributed by atoms with Gasteiger partial charge in [0.15, 0.2) is 0 Å². The van der Waals surface area contributed by atoms with Crippen LogP contribution < -0.4 is 15.4 Å². The van der Waals surface area contributed by atoms with Crippen molar-refractivity contribution in [2.24, 2.45) is 0 Å². The molecule has 2 fully saturated rings. The van der Waals surface area contributed by atoms with Crippen molar-refractivity contribution in [3.8, 4) is 5.75 Å². The number of aliphatic hydroxyl groups is 1. The highest BCUT2D eigenvalue weighted by Crippen LogP contribution is 2.25. The molecule has 8 nitrogen and oxygen atoms in total. The molecule has 0 saturated carbocycles. The molecule has 1 aromatic rings. The molecule has 2 aliphatic rings. The second kappa shape index (κ2) is 9.82. The van der Waals surface area contributed by atoms with Crippen molar-refractivity contribution in [2.45, 2.75) is 43.5 Å². The third-order valence-electron chi connectivity index (χ3n) is 5.22. The van der Waals surface area contributed by atoms with Crippen LogP contribution in [0.3, 0.4) is 0 Å². The van der Waals surface area contributed by atoms with E-state index >= 15 is 0 Å². The monoisotopic (exact) mass is 433 g/mol. The number of amides is 2. The molecule has 4 atom stereocenters. The highest BCUT2D eigenvalue weighted by molar-refractivity contribution is 5.89. The van der Waals surface area contributed by atoms with Gasteiger partial charge in [0, 0.05) is 25.4 Å². The van der Waals surface area contributed by atoms with Gasteiger partial charge in [0.25, 0.3) is 0 Å². The zero-order chi connectivity index (χ0) is 21.7. The number of halogens is 3. The molecule has 30 heavy (non-hydrogen) atoms. The van der Waals surface area contributed by atoms with Crippen LogP contribution in [0.2, 0.25) is 0 Å². The van der Waals surface area contributed by atoms with Gasteiger partial charge in [-0.15, -0.1) is 13.2 Å². The van der Waals surface area contributed by atoms with Crippen LogP contribution in [0.25, 0.3) is 0 Å². The maximum atomic E-state index is 12.2. The van der Waals surface area contributed by atoms with Gasteiger partial charge < -0.3 is 30.0 Å².